The zero-order valence-electron chi connectivity index (χ0n) is 17.6. The Bertz CT molecular complexity index is 858. The van der Waals surface area contributed by atoms with E-state index in [0.29, 0.717) is 5.56 Å². The Kier molecular flexibility index (Phi) is 7.57. The maximum absolute atomic E-state index is 13.2. The van der Waals surface area contributed by atoms with Crippen LogP contribution in [0.25, 0.3) is 0 Å². The number of carbonyl (C=O) groups excluding carboxylic acids is 2. The molecule has 1 aromatic rings. The molecule has 1 aliphatic heterocycles. The number of rotatable bonds is 6. The number of likely N-dealkylation sites (tertiary alicyclic amines) is 1. The molecule has 0 radical (unpaired) electrons. The van der Waals surface area contributed by atoms with Gasteiger partial charge in [-0.25, -0.2) is 22.0 Å². The van der Waals surface area contributed by atoms with Gasteiger partial charge in [-0.3, -0.25) is 4.79 Å². The van der Waals surface area contributed by atoms with Gasteiger partial charge in [-0.2, -0.15) is 4.31 Å². The van der Waals surface area contributed by atoms with Crippen molar-refractivity contribution in [3.8, 4) is 0 Å². The summed E-state index contributed by atoms with van der Waals surface area (Å²) in [6.45, 7) is 6.05. The van der Waals surface area contributed by atoms with Crippen LogP contribution in [-0.4, -0.2) is 67.2 Å². The molecule has 1 heterocycles. The molecule has 0 aliphatic carbocycles. The Balaban J connectivity index is 2.18. The van der Waals surface area contributed by atoms with E-state index in [1.54, 1.807) is 20.8 Å². The number of hydrogen-bond acceptors (Lipinski definition) is 5. The smallest absolute Gasteiger partial charge is 0.410 e. The van der Waals surface area contributed by atoms with E-state index in [4.69, 9.17) is 4.74 Å². The van der Waals surface area contributed by atoms with Gasteiger partial charge in [0.2, 0.25) is 10.0 Å². The highest BCUT2D eigenvalue weighted by Gasteiger charge is 2.37. The second kappa shape index (κ2) is 9.38. The molecule has 1 saturated heterocycles. The SMILES string of the molecule is CC(=O)c1ccc(S(=O)(=O)N(CC(F)F)C2CCN(C(=O)OC(C)(C)C)CC2)cc1. The number of hydrogen-bond donors (Lipinski definition) is 0. The number of piperidine rings is 1. The lowest BCUT2D eigenvalue weighted by Gasteiger charge is -2.38. The monoisotopic (exact) mass is 446 g/mol. The van der Waals surface area contributed by atoms with Crippen molar-refractivity contribution in [2.45, 2.75) is 63.5 Å². The molecule has 10 heteroatoms. The van der Waals surface area contributed by atoms with Crippen LogP contribution in [0.4, 0.5) is 13.6 Å². The van der Waals surface area contributed by atoms with Crippen molar-refractivity contribution in [2.75, 3.05) is 19.6 Å². The molecule has 1 aliphatic rings. The quantitative estimate of drug-likeness (QED) is 0.624. The van der Waals surface area contributed by atoms with Crippen LogP contribution in [0.3, 0.4) is 0 Å². The summed E-state index contributed by atoms with van der Waals surface area (Å²) in [5, 5.41) is 0. The minimum Gasteiger partial charge on any atom is -0.444 e. The van der Waals surface area contributed by atoms with Crippen LogP contribution in [-0.2, 0) is 14.8 Å². The number of alkyl halides is 2. The van der Waals surface area contributed by atoms with Crippen molar-refractivity contribution >= 4 is 21.9 Å². The van der Waals surface area contributed by atoms with E-state index >= 15 is 0 Å². The topological polar surface area (TPSA) is 84.0 Å². The summed E-state index contributed by atoms with van der Waals surface area (Å²) in [6.07, 6.45) is -2.92. The zero-order chi connectivity index (χ0) is 22.7. The first-order valence-electron chi connectivity index (χ1n) is 9.70. The third kappa shape index (κ3) is 6.21. The van der Waals surface area contributed by atoms with Gasteiger partial charge in [0.15, 0.2) is 5.78 Å². The number of ketones is 1. The van der Waals surface area contributed by atoms with Gasteiger partial charge in [0.05, 0.1) is 11.4 Å². The van der Waals surface area contributed by atoms with Gasteiger partial charge in [0.25, 0.3) is 6.43 Å². The molecule has 7 nitrogen and oxygen atoms in total. The molecule has 0 N–H and O–H groups in total. The Morgan fingerprint density at radius 3 is 2.13 bits per heavy atom. The van der Waals surface area contributed by atoms with Gasteiger partial charge >= 0.3 is 6.09 Å². The van der Waals surface area contributed by atoms with E-state index in [1.807, 2.05) is 0 Å². The third-order valence-electron chi connectivity index (χ3n) is 4.71. The number of Topliss-reactive ketones (excluding diaryl/α,β-unsaturated/α-hetero) is 1. The van der Waals surface area contributed by atoms with Gasteiger partial charge < -0.3 is 9.64 Å². The molecule has 1 aromatic carbocycles. The first-order chi connectivity index (χ1) is 13.8. The Labute approximate surface area is 176 Å². The number of ether oxygens (including phenoxy) is 1. The van der Waals surface area contributed by atoms with Crippen molar-refractivity contribution in [1.82, 2.24) is 9.21 Å². The molecule has 1 fully saturated rings. The van der Waals surface area contributed by atoms with E-state index in [1.165, 1.54) is 36.1 Å². The van der Waals surface area contributed by atoms with E-state index in [9.17, 15) is 26.8 Å². The van der Waals surface area contributed by atoms with Gasteiger partial charge in [0.1, 0.15) is 5.60 Å². The number of carbonyl (C=O) groups is 2. The largest absolute Gasteiger partial charge is 0.444 e. The highest BCUT2D eigenvalue weighted by molar-refractivity contribution is 7.89. The fourth-order valence-electron chi connectivity index (χ4n) is 3.24. The van der Waals surface area contributed by atoms with Crippen LogP contribution in [0.1, 0.15) is 50.9 Å². The van der Waals surface area contributed by atoms with E-state index in [-0.39, 0.29) is 36.6 Å². The second-order valence-electron chi connectivity index (χ2n) is 8.24. The molecule has 0 saturated carbocycles. The van der Waals surface area contributed by atoms with Gasteiger partial charge in [0, 0.05) is 24.7 Å². The van der Waals surface area contributed by atoms with Crippen LogP contribution in [0.2, 0.25) is 0 Å². The standard InChI is InChI=1S/C20H28F2N2O5S/c1-14(25)15-5-7-17(8-6-15)30(27,28)24(13-18(21)22)16-9-11-23(12-10-16)19(26)29-20(2,3)4/h5-8,16,18H,9-13H2,1-4H3. The normalized spacial score (nSPS) is 16.2. The van der Waals surface area contributed by atoms with Crippen LogP contribution < -0.4 is 0 Å². The average molecular weight is 447 g/mol. The fourth-order valence-corrected chi connectivity index (χ4v) is 4.90. The van der Waals surface area contributed by atoms with E-state index < -0.39 is 40.7 Å². The molecule has 30 heavy (non-hydrogen) atoms. The molecule has 0 aromatic heterocycles. The second-order valence-corrected chi connectivity index (χ2v) is 10.1. The molecule has 0 spiro atoms. The minimum absolute atomic E-state index is 0.150. The van der Waals surface area contributed by atoms with Crippen molar-refractivity contribution in [2.24, 2.45) is 0 Å². The average Bonchev–Trinajstić information content (AvgIpc) is 2.64. The first kappa shape index (κ1) is 24.2. The van der Waals surface area contributed by atoms with E-state index in [0.717, 1.165) is 4.31 Å². The molecule has 0 atom stereocenters. The maximum atomic E-state index is 13.2. The van der Waals surface area contributed by atoms with E-state index in [2.05, 4.69) is 0 Å². The molecule has 168 valence electrons. The van der Waals surface area contributed by atoms with Crippen LogP contribution in [0, 0.1) is 0 Å². The van der Waals surface area contributed by atoms with Crippen LogP contribution in [0.5, 0.6) is 0 Å². The molecule has 0 unspecified atom stereocenters. The Morgan fingerprint density at radius 2 is 1.70 bits per heavy atom. The summed E-state index contributed by atoms with van der Waals surface area (Å²) in [5.41, 5.74) is -0.328. The summed E-state index contributed by atoms with van der Waals surface area (Å²) in [4.78, 5) is 24.9. The predicted molar refractivity (Wildman–Crippen MR) is 107 cm³/mol. The number of benzene rings is 1. The molecule has 2 rings (SSSR count). The number of sulfonamides is 1. The number of amides is 1. The lowest BCUT2D eigenvalue weighted by atomic mass is 10.1. The summed E-state index contributed by atoms with van der Waals surface area (Å²) in [7, 11) is -4.20. The fraction of sp³-hybridized carbons (Fsp3) is 0.600. The molecular formula is C20H28F2N2O5S. The first-order valence-corrected chi connectivity index (χ1v) is 11.1. The summed E-state index contributed by atoms with van der Waals surface area (Å²) in [6, 6.07) is 4.55. The van der Waals surface area contributed by atoms with Crippen LogP contribution >= 0.6 is 0 Å². The van der Waals surface area contributed by atoms with Crippen molar-refractivity contribution < 1.29 is 31.5 Å². The summed E-state index contributed by atoms with van der Waals surface area (Å²) in [5.74, 6) is -0.224. The summed E-state index contributed by atoms with van der Waals surface area (Å²) < 4.78 is 58.7. The van der Waals surface area contributed by atoms with Crippen LogP contribution in [0.15, 0.2) is 29.2 Å². The lowest BCUT2D eigenvalue weighted by molar-refractivity contribution is 0.0157. The molecule has 1 amide bonds. The Morgan fingerprint density at radius 1 is 1.17 bits per heavy atom. The number of nitrogens with zero attached hydrogens (tertiary/aromatic N) is 2. The van der Waals surface area contributed by atoms with Gasteiger partial charge in [-0.1, -0.05) is 12.1 Å². The lowest BCUT2D eigenvalue weighted by Crippen LogP contribution is -2.50. The van der Waals surface area contributed by atoms with Crippen molar-refractivity contribution in [3.63, 3.8) is 0 Å². The Hall–Kier alpha value is -2.07. The minimum atomic E-state index is -4.20. The highest BCUT2D eigenvalue weighted by atomic mass is 32.2. The predicted octanol–water partition coefficient (Wildman–Crippen LogP) is 3.54. The van der Waals surface area contributed by atoms with Crippen molar-refractivity contribution in [1.29, 1.82) is 0 Å². The summed E-state index contributed by atoms with van der Waals surface area (Å²) >= 11 is 0. The van der Waals surface area contributed by atoms with Crippen molar-refractivity contribution in [3.05, 3.63) is 29.8 Å². The molecular weight excluding hydrogens is 418 g/mol. The maximum Gasteiger partial charge on any atom is 0.410 e. The highest BCUT2D eigenvalue weighted by Crippen LogP contribution is 2.26. The molecule has 0 bridgehead atoms. The zero-order valence-corrected chi connectivity index (χ0v) is 18.4. The number of halogens is 2. The third-order valence-corrected chi connectivity index (χ3v) is 6.64. The van der Waals surface area contributed by atoms with Gasteiger partial charge in [-0.15, -0.1) is 0 Å². The van der Waals surface area contributed by atoms with Gasteiger partial charge in [-0.05, 0) is 52.7 Å².